The lowest BCUT2D eigenvalue weighted by Gasteiger charge is -2.27. The SMILES string of the molecule is CC(C)(C)Cn1cc(C(N[S+]([O-])C(C)(C)C)C(F)F)c2ccc(-c3nccnc3C(F)(F)F)cc21. The van der Waals surface area contributed by atoms with E-state index >= 15 is 0 Å². The highest BCUT2D eigenvalue weighted by Gasteiger charge is 2.38. The molecule has 0 fully saturated rings. The molecule has 2 unspecified atom stereocenters. The van der Waals surface area contributed by atoms with E-state index in [0.717, 1.165) is 6.20 Å². The molecule has 35 heavy (non-hydrogen) atoms. The molecule has 11 heteroatoms. The van der Waals surface area contributed by atoms with Gasteiger partial charge in [-0.15, -0.1) is 4.72 Å². The summed E-state index contributed by atoms with van der Waals surface area (Å²) in [5, 5.41) is 0.430. The third-order valence-corrected chi connectivity index (χ3v) is 6.76. The van der Waals surface area contributed by atoms with Crippen LogP contribution >= 0.6 is 0 Å². The van der Waals surface area contributed by atoms with Crippen LogP contribution in [0.3, 0.4) is 0 Å². The summed E-state index contributed by atoms with van der Waals surface area (Å²) in [6.45, 7) is 11.3. The highest BCUT2D eigenvalue weighted by atomic mass is 32.2. The molecule has 0 radical (unpaired) electrons. The second-order valence-electron chi connectivity index (χ2n) is 10.6. The van der Waals surface area contributed by atoms with Gasteiger partial charge in [0, 0.05) is 58.5 Å². The molecule has 192 valence electrons. The quantitative estimate of drug-likeness (QED) is 0.299. The first-order chi connectivity index (χ1) is 16.0. The van der Waals surface area contributed by atoms with E-state index in [0.29, 0.717) is 17.4 Å². The first-order valence-electron chi connectivity index (χ1n) is 11.0. The monoisotopic (exact) mass is 516 g/mol. The minimum atomic E-state index is -4.71. The number of fused-ring (bicyclic) bond motifs is 1. The lowest BCUT2D eigenvalue weighted by molar-refractivity contribution is -0.140. The van der Waals surface area contributed by atoms with Gasteiger partial charge in [0.15, 0.2) is 5.69 Å². The number of aromatic nitrogens is 3. The molecule has 1 N–H and O–H groups in total. The predicted molar refractivity (Wildman–Crippen MR) is 127 cm³/mol. The van der Waals surface area contributed by atoms with Crippen LogP contribution in [0, 0.1) is 5.41 Å². The Morgan fingerprint density at radius 2 is 1.66 bits per heavy atom. The van der Waals surface area contributed by atoms with E-state index in [-0.39, 0.29) is 22.2 Å². The zero-order valence-corrected chi connectivity index (χ0v) is 21.2. The van der Waals surface area contributed by atoms with Gasteiger partial charge >= 0.3 is 6.18 Å². The van der Waals surface area contributed by atoms with Gasteiger partial charge in [0.25, 0.3) is 6.43 Å². The van der Waals surface area contributed by atoms with Crippen molar-refractivity contribution in [1.82, 2.24) is 19.3 Å². The molecule has 5 nitrogen and oxygen atoms in total. The molecule has 0 aliphatic heterocycles. The van der Waals surface area contributed by atoms with Gasteiger partial charge in [0.05, 0.1) is 0 Å². The van der Waals surface area contributed by atoms with E-state index in [4.69, 9.17) is 0 Å². The summed E-state index contributed by atoms with van der Waals surface area (Å²) in [4.78, 5) is 7.36. The molecule has 2 aromatic heterocycles. The minimum absolute atomic E-state index is 0.164. The van der Waals surface area contributed by atoms with Crippen molar-refractivity contribution >= 4 is 22.3 Å². The molecular formula is C24H29F5N4OS. The van der Waals surface area contributed by atoms with E-state index in [1.165, 1.54) is 24.4 Å². The summed E-state index contributed by atoms with van der Waals surface area (Å²) >= 11 is -1.77. The largest absolute Gasteiger partial charge is 0.598 e. The third-order valence-electron chi connectivity index (χ3n) is 5.18. The fraction of sp³-hybridized carbons (Fsp3) is 0.500. The third kappa shape index (κ3) is 6.31. The van der Waals surface area contributed by atoms with Crippen LogP contribution in [0.15, 0.2) is 36.8 Å². The van der Waals surface area contributed by atoms with Crippen molar-refractivity contribution in [3.63, 3.8) is 0 Å². The molecule has 3 aromatic rings. The summed E-state index contributed by atoms with van der Waals surface area (Å²) in [7, 11) is 0. The highest BCUT2D eigenvalue weighted by molar-refractivity contribution is 7.90. The van der Waals surface area contributed by atoms with Gasteiger partial charge in [-0.25, -0.2) is 13.8 Å². The van der Waals surface area contributed by atoms with E-state index in [2.05, 4.69) is 14.7 Å². The molecule has 0 saturated heterocycles. The van der Waals surface area contributed by atoms with Crippen LogP contribution in [0.25, 0.3) is 22.2 Å². The molecule has 0 bridgehead atoms. The molecule has 0 aliphatic carbocycles. The van der Waals surface area contributed by atoms with Crippen molar-refractivity contribution in [3.05, 3.63) is 48.0 Å². The van der Waals surface area contributed by atoms with Crippen LogP contribution in [-0.4, -0.2) is 30.3 Å². The van der Waals surface area contributed by atoms with Gasteiger partial charge in [-0.1, -0.05) is 32.9 Å². The Hall–Kier alpha value is -2.24. The molecule has 3 rings (SSSR count). The second-order valence-corrected chi connectivity index (χ2v) is 12.6. The topological polar surface area (TPSA) is 65.8 Å². The van der Waals surface area contributed by atoms with Crippen molar-refractivity contribution in [2.45, 2.75) is 71.5 Å². The van der Waals surface area contributed by atoms with Crippen molar-refractivity contribution in [3.8, 4) is 11.3 Å². The van der Waals surface area contributed by atoms with Gasteiger partial charge in [-0.2, -0.15) is 13.2 Å². The summed E-state index contributed by atoms with van der Waals surface area (Å²) in [5.41, 5.74) is -0.868. The maximum absolute atomic E-state index is 14.2. The summed E-state index contributed by atoms with van der Waals surface area (Å²) in [5.74, 6) is 0. The molecule has 0 aliphatic rings. The molecular weight excluding hydrogens is 487 g/mol. The van der Waals surface area contributed by atoms with Gasteiger partial charge < -0.3 is 9.12 Å². The number of benzene rings is 1. The molecule has 1 aromatic carbocycles. The average Bonchev–Trinajstić information content (AvgIpc) is 3.06. The average molecular weight is 517 g/mol. The van der Waals surface area contributed by atoms with E-state index in [1.54, 1.807) is 31.5 Å². The zero-order valence-electron chi connectivity index (χ0n) is 20.4. The normalized spacial score (nSPS) is 15.1. The molecule has 2 heterocycles. The highest BCUT2D eigenvalue weighted by Crippen LogP contribution is 2.38. The van der Waals surface area contributed by atoms with Crippen LogP contribution in [0.2, 0.25) is 0 Å². The maximum Gasteiger partial charge on any atom is 0.435 e. The summed E-state index contributed by atoms with van der Waals surface area (Å²) in [6.07, 6.45) is -3.87. The summed E-state index contributed by atoms with van der Waals surface area (Å²) in [6, 6.07) is 2.89. The number of halogens is 5. The first kappa shape index (κ1) is 27.3. The predicted octanol–water partition coefficient (Wildman–Crippen LogP) is 6.52. The Labute approximate surface area is 204 Å². The lowest BCUT2D eigenvalue weighted by Crippen LogP contribution is -2.43. The second kappa shape index (κ2) is 9.67. The van der Waals surface area contributed by atoms with E-state index in [1.807, 2.05) is 20.8 Å². The first-order valence-corrected chi connectivity index (χ1v) is 12.1. The number of nitrogens with zero attached hydrogens (tertiary/aromatic N) is 3. The van der Waals surface area contributed by atoms with Gasteiger partial charge in [0.2, 0.25) is 0 Å². The number of hydrogen-bond donors (Lipinski definition) is 1. The Morgan fingerprint density at radius 3 is 2.20 bits per heavy atom. The Bertz CT molecular complexity index is 1180. The Balaban J connectivity index is 2.21. The number of alkyl halides is 5. The van der Waals surface area contributed by atoms with Crippen LogP contribution in [-0.2, 0) is 24.1 Å². The molecule has 2 atom stereocenters. The zero-order chi connectivity index (χ0) is 26.3. The van der Waals surface area contributed by atoms with Crippen molar-refractivity contribution < 1.29 is 26.5 Å². The summed E-state index contributed by atoms with van der Waals surface area (Å²) < 4.78 is 85.1. The fourth-order valence-electron chi connectivity index (χ4n) is 3.66. The maximum atomic E-state index is 14.2. The van der Waals surface area contributed by atoms with Crippen molar-refractivity contribution in [1.29, 1.82) is 0 Å². The van der Waals surface area contributed by atoms with Crippen molar-refractivity contribution in [2.75, 3.05) is 0 Å². The van der Waals surface area contributed by atoms with Crippen molar-refractivity contribution in [2.24, 2.45) is 5.41 Å². The Kier molecular flexibility index (Phi) is 7.55. The number of rotatable bonds is 6. The van der Waals surface area contributed by atoms with Crippen LogP contribution in [0.4, 0.5) is 22.0 Å². The van der Waals surface area contributed by atoms with Gasteiger partial charge in [0.1, 0.15) is 16.5 Å². The minimum Gasteiger partial charge on any atom is -0.598 e. The number of nitrogens with one attached hydrogen (secondary N) is 1. The molecule has 0 saturated carbocycles. The fourth-order valence-corrected chi connectivity index (χ4v) is 4.47. The molecule has 0 amide bonds. The smallest absolute Gasteiger partial charge is 0.435 e. The van der Waals surface area contributed by atoms with Crippen LogP contribution < -0.4 is 4.72 Å². The molecule has 0 spiro atoms. The van der Waals surface area contributed by atoms with Crippen LogP contribution in [0.1, 0.15) is 58.8 Å². The van der Waals surface area contributed by atoms with Gasteiger partial charge in [-0.3, -0.25) is 4.98 Å². The van der Waals surface area contributed by atoms with E-state index < -0.39 is 40.4 Å². The van der Waals surface area contributed by atoms with Gasteiger partial charge in [-0.05, 0) is 32.3 Å². The standard InChI is InChI=1S/C24H29F5N4OS/c1-22(2,3)13-33-12-16(19(21(25)26)32-35(34)23(4,5)6)15-8-7-14(11-17(15)33)18-20(24(27,28)29)31-10-9-30-18/h7-12,19,21,32H,13H2,1-6H3. The number of hydrogen-bond acceptors (Lipinski definition) is 4. The Morgan fingerprint density at radius 1 is 1.03 bits per heavy atom. The van der Waals surface area contributed by atoms with E-state index in [9.17, 15) is 26.5 Å². The lowest BCUT2D eigenvalue weighted by atomic mass is 9.97. The van der Waals surface area contributed by atoms with Crippen LogP contribution in [0.5, 0.6) is 0 Å².